The second-order valence-electron chi connectivity index (χ2n) is 6.37. The van der Waals surface area contributed by atoms with Gasteiger partial charge < -0.3 is 9.73 Å². The summed E-state index contributed by atoms with van der Waals surface area (Å²) in [7, 11) is 0. The summed E-state index contributed by atoms with van der Waals surface area (Å²) in [6.45, 7) is 1.72. The summed E-state index contributed by atoms with van der Waals surface area (Å²) in [6, 6.07) is 17.1. The molecule has 0 saturated carbocycles. The Morgan fingerprint density at radius 2 is 1.87 bits per heavy atom. The molecule has 0 fully saturated rings. The van der Waals surface area contributed by atoms with Gasteiger partial charge in [0.05, 0.1) is 22.0 Å². The van der Waals surface area contributed by atoms with Crippen LogP contribution in [0.1, 0.15) is 6.92 Å². The zero-order valence-corrected chi connectivity index (χ0v) is 16.6. The van der Waals surface area contributed by atoms with E-state index in [2.05, 4.69) is 15.3 Å². The first-order valence-corrected chi connectivity index (χ1v) is 9.92. The molecule has 2 heterocycles. The molecule has 1 N–H and O–H groups in total. The average Bonchev–Trinajstić information content (AvgIpc) is 3.29. The molecular formula is C21H16N4O4S. The predicted molar refractivity (Wildman–Crippen MR) is 114 cm³/mol. The molecule has 4 rings (SSSR count). The van der Waals surface area contributed by atoms with Crippen LogP contribution < -0.4 is 5.32 Å². The van der Waals surface area contributed by atoms with Gasteiger partial charge in [-0.3, -0.25) is 14.9 Å². The van der Waals surface area contributed by atoms with Crippen LogP contribution in [0.15, 0.2) is 76.4 Å². The van der Waals surface area contributed by atoms with Crippen molar-refractivity contribution in [3.63, 3.8) is 0 Å². The quantitative estimate of drug-likeness (QED) is 0.204. The van der Waals surface area contributed by atoms with Gasteiger partial charge in [-0.15, -0.1) is 0 Å². The van der Waals surface area contributed by atoms with E-state index in [1.165, 1.54) is 23.9 Å². The Morgan fingerprint density at radius 1 is 1.10 bits per heavy atom. The van der Waals surface area contributed by atoms with Crippen molar-refractivity contribution in [3.05, 3.63) is 77.0 Å². The maximum absolute atomic E-state index is 12.7. The number of anilines is 1. The minimum atomic E-state index is -0.562. The summed E-state index contributed by atoms with van der Waals surface area (Å²) in [4.78, 5) is 32.5. The lowest BCUT2D eigenvalue weighted by molar-refractivity contribution is -0.383. The maximum Gasteiger partial charge on any atom is 0.292 e. The number of nitro benzene ring substituents is 1. The molecule has 1 atom stereocenters. The number of thioether (sulfide) groups is 1. The van der Waals surface area contributed by atoms with Crippen molar-refractivity contribution >= 4 is 39.9 Å². The lowest BCUT2D eigenvalue weighted by Gasteiger charge is -2.13. The van der Waals surface area contributed by atoms with Gasteiger partial charge in [0.25, 0.3) is 5.69 Å². The van der Waals surface area contributed by atoms with Crippen LogP contribution in [0.4, 0.5) is 11.4 Å². The second-order valence-corrected chi connectivity index (χ2v) is 7.70. The second kappa shape index (κ2) is 8.34. The van der Waals surface area contributed by atoms with Crippen LogP contribution in [0, 0.1) is 10.1 Å². The number of amides is 1. The molecule has 0 aliphatic rings. The third kappa shape index (κ3) is 4.01. The number of para-hydroxylation sites is 3. The van der Waals surface area contributed by atoms with Crippen LogP contribution in [0.2, 0.25) is 0 Å². The van der Waals surface area contributed by atoms with Crippen molar-refractivity contribution in [2.75, 3.05) is 5.32 Å². The Balaban J connectivity index is 1.62. The van der Waals surface area contributed by atoms with Crippen LogP contribution in [0.5, 0.6) is 0 Å². The Kier molecular flexibility index (Phi) is 5.44. The van der Waals surface area contributed by atoms with Gasteiger partial charge in [0.15, 0.2) is 11.6 Å². The molecule has 2 aromatic carbocycles. The monoisotopic (exact) mass is 420 g/mol. The van der Waals surface area contributed by atoms with Crippen molar-refractivity contribution in [2.24, 2.45) is 0 Å². The minimum Gasteiger partial charge on any atom is -0.461 e. The third-order valence-electron chi connectivity index (χ3n) is 4.33. The number of hydrogen-bond donors (Lipinski definition) is 1. The predicted octanol–water partition coefficient (Wildman–Crippen LogP) is 4.92. The van der Waals surface area contributed by atoms with Gasteiger partial charge in [0, 0.05) is 11.5 Å². The number of nitrogens with zero attached hydrogens (tertiary/aromatic N) is 3. The number of rotatable bonds is 6. The van der Waals surface area contributed by atoms with Gasteiger partial charge in [-0.05, 0) is 31.2 Å². The van der Waals surface area contributed by atoms with Crippen LogP contribution in [-0.2, 0) is 4.79 Å². The Labute approximate surface area is 175 Å². The van der Waals surface area contributed by atoms with Crippen LogP contribution in [0.3, 0.4) is 0 Å². The normalized spacial score (nSPS) is 11.9. The highest BCUT2D eigenvalue weighted by atomic mass is 32.2. The van der Waals surface area contributed by atoms with E-state index in [0.717, 1.165) is 10.9 Å². The first-order chi connectivity index (χ1) is 14.5. The Hall–Kier alpha value is -3.72. The molecule has 8 nitrogen and oxygen atoms in total. The van der Waals surface area contributed by atoms with Crippen molar-refractivity contribution < 1.29 is 14.1 Å². The molecule has 0 saturated heterocycles. The molecule has 0 bridgehead atoms. The fraction of sp³-hybridized carbons (Fsp3) is 0.0952. The van der Waals surface area contributed by atoms with Crippen molar-refractivity contribution in [2.45, 2.75) is 17.2 Å². The third-order valence-corrected chi connectivity index (χ3v) is 5.43. The summed E-state index contributed by atoms with van der Waals surface area (Å²) in [5, 5.41) is 14.7. The lowest BCUT2D eigenvalue weighted by Crippen LogP contribution is -2.23. The summed E-state index contributed by atoms with van der Waals surface area (Å²) >= 11 is 1.25. The Bertz CT molecular complexity index is 1230. The standard InChI is InChI=1S/C21H16N4O4S/c1-13(20(26)23-16-9-4-5-10-17(16)25(27)28)30-21-14-7-2-3-8-15(14)22-19(24-21)18-11-6-12-29-18/h2-13H,1H3,(H,23,26). The van der Waals surface area contributed by atoms with E-state index in [1.807, 2.05) is 24.3 Å². The van der Waals surface area contributed by atoms with Gasteiger partial charge in [-0.25, -0.2) is 9.97 Å². The molecule has 0 aliphatic carbocycles. The molecule has 1 unspecified atom stereocenters. The molecule has 0 spiro atoms. The molecule has 1 amide bonds. The van der Waals surface area contributed by atoms with E-state index in [1.54, 1.807) is 37.5 Å². The van der Waals surface area contributed by atoms with Crippen molar-refractivity contribution in [3.8, 4) is 11.6 Å². The van der Waals surface area contributed by atoms with E-state index in [-0.39, 0.29) is 17.3 Å². The lowest BCUT2D eigenvalue weighted by atomic mass is 10.2. The van der Waals surface area contributed by atoms with E-state index in [0.29, 0.717) is 16.6 Å². The topological polar surface area (TPSA) is 111 Å². The SMILES string of the molecule is CC(Sc1nc(-c2ccco2)nc2ccccc12)C(=O)Nc1ccccc1[N+](=O)[O-]. The van der Waals surface area contributed by atoms with E-state index in [4.69, 9.17) is 4.42 Å². The summed E-state index contributed by atoms with van der Waals surface area (Å²) in [5.74, 6) is 0.587. The molecule has 2 aromatic heterocycles. The highest BCUT2D eigenvalue weighted by Crippen LogP contribution is 2.32. The fourth-order valence-corrected chi connectivity index (χ4v) is 3.79. The number of furan rings is 1. The molecule has 30 heavy (non-hydrogen) atoms. The number of benzene rings is 2. The molecule has 0 aliphatic heterocycles. The van der Waals surface area contributed by atoms with E-state index in [9.17, 15) is 14.9 Å². The zero-order chi connectivity index (χ0) is 21.1. The first-order valence-electron chi connectivity index (χ1n) is 9.04. The first kappa shape index (κ1) is 19.6. The molecule has 9 heteroatoms. The van der Waals surface area contributed by atoms with Gasteiger partial charge >= 0.3 is 0 Å². The highest BCUT2D eigenvalue weighted by molar-refractivity contribution is 8.00. The molecule has 0 radical (unpaired) electrons. The maximum atomic E-state index is 12.7. The smallest absolute Gasteiger partial charge is 0.292 e. The van der Waals surface area contributed by atoms with E-state index >= 15 is 0 Å². The van der Waals surface area contributed by atoms with Gasteiger partial charge in [0.1, 0.15) is 10.7 Å². The number of nitro groups is 1. The molecular weight excluding hydrogens is 404 g/mol. The largest absolute Gasteiger partial charge is 0.461 e. The zero-order valence-electron chi connectivity index (χ0n) is 15.8. The summed E-state index contributed by atoms with van der Waals surface area (Å²) < 4.78 is 5.41. The number of aromatic nitrogens is 2. The Morgan fingerprint density at radius 3 is 2.63 bits per heavy atom. The average molecular weight is 420 g/mol. The van der Waals surface area contributed by atoms with E-state index < -0.39 is 10.2 Å². The van der Waals surface area contributed by atoms with Gasteiger partial charge in [-0.1, -0.05) is 42.1 Å². The number of carbonyl (C=O) groups excluding carboxylic acids is 1. The number of fused-ring (bicyclic) bond motifs is 1. The summed E-state index contributed by atoms with van der Waals surface area (Å²) in [6.07, 6.45) is 1.55. The number of carbonyl (C=O) groups is 1. The van der Waals surface area contributed by atoms with Gasteiger partial charge in [0.2, 0.25) is 5.91 Å². The summed E-state index contributed by atoms with van der Waals surface area (Å²) in [5.41, 5.74) is 0.729. The minimum absolute atomic E-state index is 0.156. The molecule has 150 valence electrons. The fourth-order valence-electron chi connectivity index (χ4n) is 2.85. The number of nitrogens with one attached hydrogen (secondary N) is 1. The van der Waals surface area contributed by atoms with Crippen LogP contribution >= 0.6 is 11.8 Å². The van der Waals surface area contributed by atoms with Gasteiger partial charge in [-0.2, -0.15) is 0 Å². The van der Waals surface area contributed by atoms with Crippen molar-refractivity contribution in [1.29, 1.82) is 0 Å². The van der Waals surface area contributed by atoms with Crippen LogP contribution in [-0.4, -0.2) is 26.0 Å². The van der Waals surface area contributed by atoms with Crippen molar-refractivity contribution in [1.82, 2.24) is 9.97 Å². The molecule has 4 aromatic rings. The highest BCUT2D eigenvalue weighted by Gasteiger charge is 2.22. The number of hydrogen-bond acceptors (Lipinski definition) is 7. The van der Waals surface area contributed by atoms with Crippen LogP contribution in [0.25, 0.3) is 22.5 Å².